The second-order valence-electron chi connectivity index (χ2n) is 18.8. The van der Waals surface area contributed by atoms with E-state index < -0.39 is 24.3 Å². The second kappa shape index (κ2) is 17.8. The van der Waals surface area contributed by atoms with Gasteiger partial charge in [-0.1, -0.05) is 55.4 Å². The average molecular weight is 879 g/mol. The molecule has 2 fully saturated rings. The van der Waals surface area contributed by atoms with Gasteiger partial charge in [-0.2, -0.15) is 0 Å². The van der Waals surface area contributed by atoms with Crippen molar-refractivity contribution in [1.29, 1.82) is 0 Å². The zero-order valence-electron chi connectivity index (χ0n) is 38.6. The van der Waals surface area contributed by atoms with Crippen LogP contribution in [0, 0.1) is 11.8 Å². The number of H-pyrrole nitrogens is 2. The lowest BCUT2D eigenvalue weighted by atomic mass is 9.87. The second-order valence-corrected chi connectivity index (χ2v) is 18.8. The Morgan fingerprint density at radius 2 is 1.03 bits per heavy atom. The Kier molecular flexibility index (Phi) is 12.4. The Balaban J connectivity index is 1.10. The monoisotopic (exact) mass is 878 g/mol. The average Bonchev–Trinajstić information content (AvgIpc) is 4.11. The van der Waals surface area contributed by atoms with E-state index in [2.05, 4.69) is 72.6 Å². The fraction of sp³-hybridized carbons (Fsp3) is 0.542. The fourth-order valence-electron chi connectivity index (χ4n) is 9.76. The number of likely N-dealkylation sites (tertiary alicyclic amines) is 2. The minimum absolute atomic E-state index is 0.0850. The Morgan fingerprint density at radius 3 is 1.38 bits per heavy atom. The fourth-order valence-corrected chi connectivity index (χ4v) is 9.76. The van der Waals surface area contributed by atoms with Crippen molar-refractivity contribution in [2.24, 2.45) is 11.8 Å². The van der Waals surface area contributed by atoms with Crippen molar-refractivity contribution in [3.05, 3.63) is 58.4 Å². The third kappa shape index (κ3) is 8.15. The normalized spacial score (nSPS) is 18.5. The number of imidazole rings is 2. The van der Waals surface area contributed by atoms with E-state index in [1.807, 2.05) is 37.5 Å². The molecule has 0 bridgehead atoms. The van der Waals surface area contributed by atoms with Gasteiger partial charge < -0.3 is 49.3 Å². The van der Waals surface area contributed by atoms with E-state index in [0.29, 0.717) is 26.3 Å². The molecule has 16 nitrogen and oxygen atoms in total. The molecule has 4 N–H and O–H groups in total. The zero-order valence-corrected chi connectivity index (χ0v) is 38.6. The molecule has 0 radical (unpaired) electrons. The first kappa shape index (κ1) is 44.5. The molecule has 4 atom stereocenters. The topological polar surface area (TPSA) is 193 Å². The molecule has 4 aromatic rings. The number of carbonyl (C=O) groups excluding carboxylic acids is 4. The predicted molar refractivity (Wildman–Crippen MR) is 240 cm³/mol. The van der Waals surface area contributed by atoms with Crippen molar-refractivity contribution in [3.63, 3.8) is 0 Å². The minimum Gasteiger partial charge on any atom is -0.488 e. The number of nitrogens with one attached hydrogen (secondary N) is 4. The summed E-state index contributed by atoms with van der Waals surface area (Å²) >= 11 is 0. The van der Waals surface area contributed by atoms with Crippen LogP contribution in [0.3, 0.4) is 0 Å². The molecule has 2 saturated heterocycles. The van der Waals surface area contributed by atoms with Crippen LogP contribution in [0.1, 0.15) is 139 Å². The summed E-state index contributed by atoms with van der Waals surface area (Å²) in [6.07, 6.45) is 1.87. The molecule has 6 heterocycles. The molecule has 16 heteroatoms. The molecule has 0 aliphatic carbocycles. The van der Waals surface area contributed by atoms with Crippen LogP contribution in [-0.2, 0) is 32.3 Å². The van der Waals surface area contributed by atoms with Crippen LogP contribution in [0.5, 0.6) is 11.5 Å². The number of aromatic amines is 2. The number of nitrogens with zero attached hydrogens (tertiary/aromatic N) is 4. The lowest BCUT2D eigenvalue weighted by molar-refractivity contribution is -0.136. The first-order valence-corrected chi connectivity index (χ1v) is 22.7. The van der Waals surface area contributed by atoms with Crippen LogP contribution in [0.2, 0.25) is 0 Å². The van der Waals surface area contributed by atoms with Crippen molar-refractivity contribution >= 4 is 24.0 Å². The van der Waals surface area contributed by atoms with E-state index in [9.17, 15) is 19.2 Å². The van der Waals surface area contributed by atoms with Gasteiger partial charge in [-0.15, -0.1) is 0 Å². The number of benzene rings is 2. The molecule has 2 aromatic heterocycles. The highest BCUT2D eigenvalue weighted by Gasteiger charge is 2.40. The Morgan fingerprint density at radius 1 is 0.641 bits per heavy atom. The summed E-state index contributed by atoms with van der Waals surface area (Å²) < 4.78 is 22.9. The molecule has 2 aromatic carbocycles. The van der Waals surface area contributed by atoms with Crippen molar-refractivity contribution < 1.29 is 38.1 Å². The van der Waals surface area contributed by atoms with Gasteiger partial charge in [0, 0.05) is 46.5 Å². The van der Waals surface area contributed by atoms with E-state index in [4.69, 9.17) is 28.9 Å². The number of hydrogen-bond acceptors (Lipinski definition) is 10. The van der Waals surface area contributed by atoms with Crippen molar-refractivity contribution in [3.8, 4) is 45.1 Å². The number of carbonyl (C=O) groups is 4. The maximum atomic E-state index is 13.9. The summed E-state index contributed by atoms with van der Waals surface area (Å²) in [5.74, 6) is 2.58. The highest BCUT2D eigenvalue weighted by Crippen LogP contribution is 2.52. The van der Waals surface area contributed by atoms with Crippen LogP contribution in [-0.4, -0.2) is 93.1 Å². The summed E-state index contributed by atoms with van der Waals surface area (Å²) in [5.41, 5.74) is 9.46. The molecular weight excluding hydrogens is 817 g/mol. The maximum absolute atomic E-state index is 13.9. The summed E-state index contributed by atoms with van der Waals surface area (Å²) in [7, 11) is 2.59. The largest absolute Gasteiger partial charge is 0.488 e. The number of amides is 4. The molecule has 0 unspecified atom stereocenters. The highest BCUT2D eigenvalue weighted by atomic mass is 16.5. The number of aromatic nitrogens is 4. The van der Waals surface area contributed by atoms with Crippen LogP contribution < -0.4 is 20.1 Å². The summed E-state index contributed by atoms with van der Waals surface area (Å²) in [4.78, 5) is 73.4. The quantitative estimate of drug-likeness (QED) is 0.108. The van der Waals surface area contributed by atoms with Gasteiger partial charge in [0.1, 0.15) is 48.4 Å². The molecule has 8 rings (SSSR count). The standard InChI is InChI=1S/C48H62N8O8/c1-23(2)37-41(51-43(49-37)31-13-11-15-55(31)45(57)39(25(5)6)53-47(59)61-9)27-17-29-21-64-34-20-28(18-30-22-63-33(19-27)35(29)36(30)34)42-38(24(3)4)50-44(52-42)32-14-12-16-56(32)46(58)40(26(7)8)54-48(60)62-10/h17-20,23-26,31-32,39-40H,11-16,21-22H2,1-10H3,(H,49,51)(H,50,52)(H,53,59)(H,54,60)/t31-,32-,39-,40-/m0/s1. The van der Waals surface area contributed by atoms with E-state index in [1.54, 1.807) is 0 Å². The van der Waals surface area contributed by atoms with Gasteiger partial charge in [-0.3, -0.25) is 9.59 Å². The molecule has 4 amide bonds. The third-order valence-corrected chi connectivity index (χ3v) is 13.0. The van der Waals surface area contributed by atoms with Crippen LogP contribution in [0.25, 0.3) is 33.6 Å². The number of alkyl carbamates (subject to hydrolysis) is 2. The van der Waals surface area contributed by atoms with E-state index >= 15 is 0 Å². The van der Waals surface area contributed by atoms with Crippen LogP contribution >= 0.6 is 0 Å². The summed E-state index contributed by atoms with van der Waals surface area (Å²) in [5, 5.41) is 5.47. The first-order valence-electron chi connectivity index (χ1n) is 22.7. The Hall–Kier alpha value is -6.06. The number of ether oxygens (including phenoxy) is 4. The molecule has 64 heavy (non-hydrogen) atoms. The molecule has 4 aliphatic rings. The van der Waals surface area contributed by atoms with Crippen molar-refractivity contribution in [2.45, 2.75) is 130 Å². The number of hydrogen-bond donors (Lipinski definition) is 4. The molecule has 0 spiro atoms. The van der Waals surface area contributed by atoms with Gasteiger partial charge in [0.15, 0.2) is 0 Å². The molecule has 342 valence electrons. The van der Waals surface area contributed by atoms with Gasteiger partial charge in [0.25, 0.3) is 0 Å². The van der Waals surface area contributed by atoms with Gasteiger partial charge >= 0.3 is 12.2 Å². The smallest absolute Gasteiger partial charge is 0.407 e. The highest BCUT2D eigenvalue weighted by molar-refractivity contribution is 5.90. The summed E-state index contributed by atoms with van der Waals surface area (Å²) in [6, 6.07) is 6.48. The number of rotatable bonds is 12. The van der Waals surface area contributed by atoms with Crippen molar-refractivity contribution in [1.82, 2.24) is 40.4 Å². The SMILES string of the molecule is COC(=O)N[C@H](C(=O)N1CCC[C@H]1c1nc(C(C)C)c(-c2cc3c4c(c2)OCc2cc(-c5[nH]c([C@@H]6CCCN6C(=O)[C@@H](NC(=O)OC)C(C)C)nc5C(C)C)cc(c2-4)OC3)[nH]1)C(C)C. The van der Waals surface area contributed by atoms with Gasteiger partial charge in [0.2, 0.25) is 11.8 Å². The maximum Gasteiger partial charge on any atom is 0.407 e. The van der Waals surface area contributed by atoms with Gasteiger partial charge in [-0.05, 0) is 73.6 Å². The summed E-state index contributed by atoms with van der Waals surface area (Å²) in [6.45, 7) is 17.9. The Labute approximate surface area is 374 Å². The first-order chi connectivity index (χ1) is 30.6. The molecule has 4 aliphatic heterocycles. The lowest BCUT2D eigenvalue weighted by Crippen LogP contribution is -2.51. The molecule has 0 saturated carbocycles. The predicted octanol–water partition coefficient (Wildman–Crippen LogP) is 8.25. The van der Waals surface area contributed by atoms with E-state index in [0.717, 1.165) is 105 Å². The Bertz CT molecular complexity index is 2230. The third-order valence-electron chi connectivity index (χ3n) is 13.0. The van der Waals surface area contributed by atoms with Gasteiger partial charge in [0.05, 0.1) is 49.1 Å². The van der Waals surface area contributed by atoms with E-state index in [1.165, 1.54) is 14.2 Å². The molecular formula is C48H62N8O8. The van der Waals surface area contributed by atoms with Crippen LogP contribution in [0.15, 0.2) is 24.3 Å². The lowest BCUT2D eigenvalue weighted by Gasteiger charge is -2.30. The van der Waals surface area contributed by atoms with E-state index in [-0.39, 0.29) is 47.6 Å². The minimum atomic E-state index is -0.724. The van der Waals surface area contributed by atoms with Crippen LogP contribution in [0.4, 0.5) is 9.59 Å². The van der Waals surface area contributed by atoms with Crippen molar-refractivity contribution in [2.75, 3.05) is 27.3 Å². The van der Waals surface area contributed by atoms with Gasteiger partial charge in [-0.25, -0.2) is 19.6 Å². The number of methoxy groups -OCH3 is 2. The zero-order chi connectivity index (χ0) is 45.7.